The van der Waals surface area contributed by atoms with Gasteiger partial charge in [0.25, 0.3) is 0 Å². The highest BCUT2D eigenvalue weighted by molar-refractivity contribution is 6.18. The fourth-order valence-electron chi connectivity index (χ4n) is 4.31. The smallest absolute Gasteiger partial charge is 0.249 e. The molecule has 0 unspecified atom stereocenters. The molecular formula is C28H24N2O2. The van der Waals surface area contributed by atoms with Crippen LogP contribution in [-0.2, 0) is 13.2 Å². The molecule has 1 heterocycles. The highest BCUT2D eigenvalue weighted by Gasteiger charge is 2.17. The second kappa shape index (κ2) is 8.23. The molecule has 0 atom stereocenters. The zero-order chi connectivity index (χ0) is 22.1. The molecule has 1 amide bonds. The lowest BCUT2D eigenvalue weighted by atomic mass is 10.1. The van der Waals surface area contributed by atoms with Crippen molar-refractivity contribution >= 4 is 27.7 Å². The summed E-state index contributed by atoms with van der Waals surface area (Å²) in [6.45, 7) is 3.21. The van der Waals surface area contributed by atoms with Crippen LogP contribution in [0, 0.1) is 6.92 Å². The van der Waals surface area contributed by atoms with Gasteiger partial charge in [0.1, 0.15) is 12.4 Å². The number of aromatic nitrogens is 1. The second-order valence-electron chi connectivity index (χ2n) is 8.05. The zero-order valence-electron chi connectivity index (χ0n) is 17.9. The topological polar surface area (TPSA) is 57.2 Å². The Kier molecular flexibility index (Phi) is 5.12. The van der Waals surface area contributed by atoms with Gasteiger partial charge in [0, 0.05) is 27.4 Å². The molecule has 0 saturated carbocycles. The summed E-state index contributed by atoms with van der Waals surface area (Å²) in [5, 5.41) is 1.93. The monoisotopic (exact) mass is 420 g/mol. The Morgan fingerprint density at radius 2 is 1.66 bits per heavy atom. The number of aryl methyl sites for hydroxylation is 1. The predicted molar refractivity (Wildman–Crippen MR) is 129 cm³/mol. The molecule has 0 spiro atoms. The molecule has 2 N–H and O–H groups in total. The number of nitrogens with two attached hydrogens (primary N) is 1. The van der Waals surface area contributed by atoms with Crippen LogP contribution in [0.5, 0.6) is 5.75 Å². The summed E-state index contributed by atoms with van der Waals surface area (Å²) < 4.78 is 8.44. The maximum atomic E-state index is 12.2. The van der Waals surface area contributed by atoms with Gasteiger partial charge < -0.3 is 15.0 Å². The van der Waals surface area contributed by atoms with Crippen molar-refractivity contribution in [3.8, 4) is 5.75 Å². The van der Waals surface area contributed by atoms with E-state index in [1.807, 2.05) is 48.5 Å². The molecule has 0 fully saturated rings. The van der Waals surface area contributed by atoms with Crippen LogP contribution in [0.3, 0.4) is 0 Å². The van der Waals surface area contributed by atoms with E-state index in [0.717, 1.165) is 44.2 Å². The number of nitrogens with zero attached hydrogens (tertiary/aromatic N) is 1. The molecule has 0 saturated heterocycles. The van der Waals surface area contributed by atoms with Gasteiger partial charge in [-0.15, -0.1) is 0 Å². The number of primary amides is 1. The summed E-state index contributed by atoms with van der Waals surface area (Å²) in [6, 6.07) is 30.3. The molecule has 4 nitrogen and oxygen atoms in total. The first-order valence-electron chi connectivity index (χ1n) is 10.7. The van der Waals surface area contributed by atoms with Crippen LogP contribution in [0.25, 0.3) is 21.8 Å². The van der Waals surface area contributed by atoms with Gasteiger partial charge >= 0.3 is 0 Å². The normalized spacial score (nSPS) is 11.2. The SMILES string of the molecule is Cc1ccc2c3c(C(N)=O)cccc3n(Cc3ccccc3OCc3ccccc3)c2c1. The van der Waals surface area contributed by atoms with E-state index in [1.165, 1.54) is 0 Å². The van der Waals surface area contributed by atoms with Crippen molar-refractivity contribution in [2.24, 2.45) is 5.73 Å². The Hall–Kier alpha value is -4.05. The first-order chi connectivity index (χ1) is 15.6. The van der Waals surface area contributed by atoms with Crippen LogP contribution in [-0.4, -0.2) is 10.5 Å². The molecule has 0 bridgehead atoms. The van der Waals surface area contributed by atoms with E-state index in [-0.39, 0.29) is 0 Å². The largest absolute Gasteiger partial charge is 0.489 e. The summed E-state index contributed by atoms with van der Waals surface area (Å²) in [7, 11) is 0. The molecule has 1 aromatic heterocycles. The third-order valence-corrected chi connectivity index (χ3v) is 5.85. The van der Waals surface area contributed by atoms with Crippen LogP contribution in [0.1, 0.15) is 27.0 Å². The third kappa shape index (κ3) is 3.60. The molecule has 4 aromatic carbocycles. The molecule has 4 heteroatoms. The minimum absolute atomic E-state index is 0.415. The Morgan fingerprint density at radius 1 is 0.875 bits per heavy atom. The van der Waals surface area contributed by atoms with Crippen LogP contribution < -0.4 is 10.5 Å². The number of carbonyl (C=O) groups is 1. The highest BCUT2D eigenvalue weighted by Crippen LogP contribution is 2.34. The minimum Gasteiger partial charge on any atom is -0.489 e. The van der Waals surface area contributed by atoms with E-state index < -0.39 is 5.91 Å². The quantitative estimate of drug-likeness (QED) is 0.376. The number of amides is 1. The zero-order valence-corrected chi connectivity index (χ0v) is 17.9. The fraction of sp³-hybridized carbons (Fsp3) is 0.107. The van der Waals surface area contributed by atoms with Crippen molar-refractivity contribution < 1.29 is 9.53 Å². The minimum atomic E-state index is -0.415. The summed E-state index contributed by atoms with van der Waals surface area (Å²) in [4.78, 5) is 12.2. The van der Waals surface area contributed by atoms with Gasteiger partial charge in [-0.2, -0.15) is 0 Å². The number of carbonyl (C=O) groups excluding carboxylic acids is 1. The lowest BCUT2D eigenvalue weighted by Crippen LogP contribution is -2.11. The second-order valence-corrected chi connectivity index (χ2v) is 8.05. The average molecular weight is 421 g/mol. The molecule has 0 aliphatic carbocycles. The molecule has 5 rings (SSSR count). The summed E-state index contributed by atoms with van der Waals surface area (Å²) in [5.41, 5.74) is 11.7. The van der Waals surface area contributed by atoms with E-state index >= 15 is 0 Å². The number of rotatable bonds is 6. The Balaban J connectivity index is 1.61. The molecular weight excluding hydrogens is 396 g/mol. The van der Waals surface area contributed by atoms with Crippen molar-refractivity contribution in [1.29, 1.82) is 0 Å². The molecule has 0 aliphatic rings. The maximum Gasteiger partial charge on any atom is 0.249 e. The Morgan fingerprint density at radius 3 is 2.47 bits per heavy atom. The third-order valence-electron chi connectivity index (χ3n) is 5.85. The lowest BCUT2D eigenvalue weighted by Gasteiger charge is -2.14. The number of ether oxygens (including phenoxy) is 1. The van der Waals surface area contributed by atoms with Crippen LogP contribution >= 0.6 is 0 Å². The summed E-state index contributed by atoms with van der Waals surface area (Å²) in [5.74, 6) is 0.437. The van der Waals surface area contributed by atoms with Gasteiger partial charge in [-0.1, -0.05) is 66.7 Å². The van der Waals surface area contributed by atoms with Gasteiger partial charge in [0.2, 0.25) is 5.91 Å². The van der Waals surface area contributed by atoms with E-state index in [4.69, 9.17) is 10.5 Å². The lowest BCUT2D eigenvalue weighted by molar-refractivity contribution is 0.100. The summed E-state index contributed by atoms with van der Waals surface area (Å²) in [6.07, 6.45) is 0. The van der Waals surface area contributed by atoms with Crippen LogP contribution in [0.15, 0.2) is 91.0 Å². The maximum absolute atomic E-state index is 12.2. The summed E-state index contributed by atoms with van der Waals surface area (Å²) >= 11 is 0. The van der Waals surface area contributed by atoms with Crippen molar-refractivity contribution in [1.82, 2.24) is 4.57 Å². The standard InChI is InChI=1S/C28H24N2O2/c1-19-14-15-22-25(16-19)30(24-12-7-11-23(27(22)24)28(29)31)17-21-10-5-6-13-26(21)32-18-20-8-3-2-4-9-20/h2-16H,17-18H2,1H3,(H2,29,31). The van der Waals surface area contributed by atoms with Crippen molar-refractivity contribution in [2.45, 2.75) is 20.1 Å². The van der Waals surface area contributed by atoms with E-state index in [1.54, 1.807) is 6.07 Å². The Labute approximate surface area is 186 Å². The van der Waals surface area contributed by atoms with Crippen LogP contribution in [0.4, 0.5) is 0 Å². The Bertz CT molecular complexity index is 1430. The van der Waals surface area contributed by atoms with Crippen LogP contribution in [0.2, 0.25) is 0 Å². The molecule has 158 valence electrons. The number of para-hydroxylation sites is 1. The van der Waals surface area contributed by atoms with E-state index in [0.29, 0.717) is 18.7 Å². The van der Waals surface area contributed by atoms with Gasteiger partial charge in [-0.25, -0.2) is 0 Å². The molecule has 0 aliphatic heterocycles. The first-order valence-corrected chi connectivity index (χ1v) is 10.7. The number of fused-ring (bicyclic) bond motifs is 3. The van der Waals surface area contributed by atoms with Crippen molar-refractivity contribution in [3.05, 3.63) is 113 Å². The van der Waals surface area contributed by atoms with E-state index in [9.17, 15) is 4.79 Å². The molecule has 32 heavy (non-hydrogen) atoms. The highest BCUT2D eigenvalue weighted by atomic mass is 16.5. The molecule has 0 radical (unpaired) electrons. The van der Waals surface area contributed by atoms with Crippen molar-refractivity contribution in [2.75, 3.05) is 0 Å². The van der Waals surface area contributed by atoms with E-state index in [2.05, 4.69) is 47.9 Å². The van der Waals surface area contributed by atoms with Gasteiger partial charge in [0.15, 0.2) is 0 Å². The first kappa shape index (κ1) is 19.9. The van der Waals surface area contributed by atoms with Gasteiger partial charge in [0.05, 0.1) is 12.1 Å². The predicted octanol–water partition coefficient (Wildman–Crippen LogP) is 5.83. The number of benzene rings is 4. The fourth-order valence-corrected chi connectivity index (χ4v) is 4.31. The van der Waals surface area contributed by atoms with Gasteiger partial charge in [-0.05, 0) is 42.3 Å². The average Bonchev–Trinajstić information content (AvgIpc) is 3.12. The molecule has 5 aromatic rings. The van der Waals surface area contributed by atoms with Crippen molar-refractivity contribution in [3.63, 3.8) is 0 Å². The number of hydrogen-bond donors (Lipinski definition) is 1. The van der Waals surface area contributed by atoms with Gasteiger partial charge in [-0.3, -0.25) is 4.79 Å². The number of hydrogen-bond acceptors (Lipinski definition) is 2.